The van der Waals surface area contributed by atoms with Gasteiger partial charge in [0.2, 0.25) is 0 Å². The number of hydrogen-bond acceptors (Lipinski definition) is 3. The minimum absolute atomic E-state index is 0.914. The summed E-state index contributed by atoms with van der Waals surface area (Å²) in [5.74, 6) is 0. The molecule has 2 aromatic heterocycles. The summed E-state index contributed by atoms with van der Waals surface area (Å²) in [7, 11) is 0. The smallest absolute Gasteiger partial charge is 0.143 e. The molecule has 0 N–H and O–H groups in total. The Kier molecular flexibility index (Phi) is 7.09. The quantitative estimate of drug-likeness (QED) is 0.173. The predicted molar refractivity (Wildman–Crippen MR) is 224 cm³/mol. The lowest BCUT2D eigenvalue weighted by atomic mass is 9.94. The lowest BCUT2D eigenvalue weighted by Gasteiger charge is -2.29. The zero-order valence-corrected chi connectivity index (χ0v) is 29.5. The van der Waals surface area contributed by atoms with Crippen LogP contribution in [0, 0.1) is 6.92 Å². The van der Waals surface area contributed by atoms with Crippen molar-refractivity contribution in [3.8, 4) is 22.3 Å². The van der Waals surface area contributed by atoms with Gasteiger partial charge in [0.1, 0.15) is 11.2 Å². The van der Waals surface area contributed by atoms with Crippen LogP contribution in [-0.4, -0.2) is 0 Å². The molecule has 0 aliphatic carbocycles. The predicted octanol–water partition coefficient (Wildman–Crippen LogP) is 14.9. The van der Waals surface area contributed by atoms with Gasteiger partial charge in [-0.05, 0) is 77.0 Å². The van der Waals surface area contributed by atoms with Crippen molar-refractivity contribution in [3.63, 3.8) is 0 Å². The third-order valence-corrected chi connectivity index (χ3v) is 11.6. The van der Waals surface area contributed by atoms with E-state index < -0.39 is 0 Å². The molecule has 0 saturated carbocycles. The second-order valence-electron chi connectivity index (χ2n) is 13.4. The largest absolute Gasteiger partial charge is 0.455 e. The average Bonchev–Trinajstić information content (AvgIpc) is 3.77. The third kappa shape index (κ3) is 4.78. The Morgan fingerprint density at radius 2 is 1.19 bits per heavy atom. The van der Waals surface area contributed by atoms with Crippen molar-refractivity contribution in [1.29, 1.82) is 0 Å². The number of rotatable bonds is 6. The van der Waals surface area contributed by atoms with Crippen LogP contribution in [0.15, 0.2) is 175 Å². The molecular formula is C49H33NOS. The molecular weight excluding hydrogens is 651 g/mol. The summed E-state index contributed by atoms with van der Waals surface area (Å²) in [6, 6.07) is 59.0. The van der Waals surface area contributed by atoms with Crippen LogP contribution in [0.3, 0.4) is 0 Å². The van der Waals surface area contributed by atoms with Crippen molar-refractivity contribution in [2.45, 2.75) is 6.92 Å². The number of furan rings is 1. The Labute approximate surface area is 306 Å². The molecule has 8 aromatic carbocycles. The van der Waals surface area contributed by atoms with Gasteiger partial charge in [0.05, 0.1) is 11.4 Å². The first-order valence-corrected chi connectivity index (χ1v) is 18.4. The fourth-order valence-electron chi connectivity index (χ4n) is 7.92. The van der Waals surface area contributed by atoms with E-state index in [2.05, 4.69) is 170 Å². The maximum atomic E-state index is 6.37. The van der Waals surface area contributed by atoms with Crippen LogP contribution in [0.2, 0.25) is 0 Å². The Balaban J connectivity index is 1.13. The van der Waals surface area contributed by atoms with E-state index in [9.17, 15) is 0 Å². The average molecular weight is 684 g/mol. The van der Waals surface area contributed by atoms with Gasteiger partial charge in [-0.2, -0.15) is 0 Å². The molecule has 0 fully saturated rings. The van der Waals surface area contributed by atoms with Gasteiger partial charge in [0, 0.05) is 53.1 Å². The molecule has 2 nitrogen and oxygen atoms in total. The number of fused-ring (bicyclic) bond motifs is 7. The van der Waals surface area contributed by atoms with Crippen molar-refractivity contribution < 1.29 is 4.42 Å². The summed E-state index contributed by atoms with van der Waals surface area (Å²) in [5.41, 5.74) is 12.1. The topological polar surface area (TPSA) is 16.4 Å². The summed E-state index contributed by atoms with van der Waals surface area (Å²) in [6.45, 7) is 6.41. The first-order chi connectivity index (χ1) is 25.7. The van der Waals surface area contributed by atoms with Crippen LogP contribution in [0.4, 0.5) is 17.1 Å². The molecule has 0 saturated heterocycles. The molecule has 0 aliphatic rings. The van der Waals surface area contributed by atoms with E-state index in [0.29, 0.717) is 0 Å². The summed E-state index contributed by atoms with van der Waals surface area (Å²) in [6.07, 6.45) is 1.99. The van der Waals surface area contributed by atoms with Gasteiger partial charge in [-0.15, -0.1) is 11.3 Å². The van der Waals surface area contributed by atoms with Crippen LogP contribution in [0.1, 0.15) is 11.1 Å². The Morgan fingerprint density at radius 1 is 0.519 bits per heavy atom. The standard InChI is InChI=1S/C49H33NOS/c1-3-35-31(2)12-10-19-44(35)50(34-26-29-48-43(30-34)41-16-7-9-21-47(41)52-48)45-28-27-36(38-13-4-5-14-39(38)45)32-22-24-33(25-23-32)37-17-11-18-42-40-15-6-8-20-46(40)51-49(37)42/h3-30H,1H2,2H3. The maximum absolute atomic E-state index is 6.37. The SMILES string of the molecule is C=Cc1c(C)cccc1N(c1ccc2sc3ccccc3c2c1)c1ccc(-c2ccc(-c3cccc4c3oc3ccccc34)cc2)c2ccccc12. The molecule has 0 atom stereocenters. The Morgan fingerprint density at radius 3 is 2.02 bits per heavy atom. The first kappa shape index (κ1) is 30.4. The lowest BCUT2D eigenvalue weighted by Crippen LogP contribution is -2.12. The highest BCUT2D eigenvalue weighted by Crippen LogP contribution is 2.46. The highest BCUT2D eigenvalue weighted by Gasteiger charge is 2.21. The lowest BCUT2D eigenvalue weighted by molar-refractivity contribution is 0.670. The maximum Gasteiger partial charge on any atom is 0.143 e. The number of benzene rings is 8. The van der Waals surface area contributed by atoms with Gasteiger partial charge >= 0.3 is 0 Å². The third-order valence-electron chi connectivity index (χ3n) is 10.4. The van der Waals surface area contributed by atoms with Crippen molar-refractivity contribution in [1.82, 2.24) is 0 Å². The zero-order valence-electron chi connectivity index (χ0n) is 28.6. The van der Waals surface area contributed by atoms with Crippen LogP contribution >= 0.6 is 11.3 Å². The molecule has 10 rings (SSSR count). The molecule has 0 spiro atoms. The number of anilines is 3. The molecule has 0 aliphatic heterocycles. The molecule has 0 bridgehead atoms. The van der Waals surface area contributed by atoms with Gasteiger partial charge < -0.3 is 9.32 Å². The van der Waals surface area contributed by atoms with E-state index in [4.69, 9.17) is 4.42 Å². The molecule has 0 radical (unpaired) electrons. The normalized spacial score (nSPS) is 11.6. The molecule has 2 heterocycles. The van der Waals surface area contributed by atoms with Gasteiger partial charge in [-0.25, -0.2) is 0 Å². The van der Waals surface area contributed by atoms with E-state index in [1.807, 2.05) is 29.5 Å². The highest BCUT2D eigenvalue weighted by molar-refractivity contribution is 7.25. The van der Waals surface area contributed by atoms with Crippen molar-refractivity contribution in [3.05, 3.63) is 181 Å². The molecule has 0 amide bonds. The Bertz CT molecular complexity index is 3000. The monoisotopic (exact) mass is 683 g/mol. The van der Waals surface area contributed by atoms with Gasteiger partial charge in [-0.1, -0.05) is 134 Å². The summed E-state index contributed by atoms with van der Waals surface area (Å²) in [4.78, 5) is 2.42. The Hall–Kier alpha value is -6.42. The fraction of sp³-hybridized carbons (Fsp3) is 0.0204. The van der Waals surface area contributed by atoms with E-state index in [1.165, 1.54) is 47.6 Å². The minimum atomic E-state index is 0.914. The summed E-state index contributed by atoms with van der Waals surface area (Å²) < 4.78 is 8.97. The van der Waals surface area contributed by atoms with E-state index in [0.717, 1.165) is 55.7 Å². The van der Waals surface area contributed by atoms with Crippen molar-refractivity contribution >= 4 is 87.4 Å². The van der Waals surface area contributed by atoms with E-state index >= 15 is 0 Å². The second kappa shape index (κ2) is 12.1. The molecule has 10 aromatic rings. The number of aryl methyl sites for hydroxylation is 1. The summed E-state index contributed by atoms with van der Waals surface area (Å²) in [5, 5.41) is 7.23. The first-order valence-electron chi connectivity index (χ1n) is 17.6. The molecule has 0 unspecified atom stereocenters. The van der Waals surface area contributed by atoms with Crippen molar-refractivity contribution in [2.24, 2.45) is 0 Å². The van der Waals surface area contributed by atoms with E-state index in [-0.39, 0.29) is 0 Å². The van der Waals surface area contributed by atoms with Crippen LogP contribution in [-0.2, 0) is 0 Å². The number of para-hydroxylation sites is 2. The van der Waals surface area contributed by atoms with Gasteiger partial charge in [0.25, 0.3) is 0 Å². The van der Waals surface area contributed by atoms with Crippen LogP contribution in [0.25, 0.3) is 81.2 Å². The fourth-order valence-corrected chi connectivity index (χ4v) is 9.01. The molecule has 246 valence electrons. The number of nitrogens with zero attached hydrogens (tertiary/aromatic N) is 1. The van der Waals surface area contributed by atoms with Gasteiger partial charge in [0.15, 0.2) is 0 Å². The molecule has 52 heavy (non-hydrogen) atoms. The minimum Gasteiger partial charge on any atom is -0.455 e. The highest BCUT2D eigenvalue weighted by atomic mass is 32.1. The van der Waals surface area contributed by atoms with Crippen LogP contribution < -0.4 is 4.90 Å². The van der Waals surface area contributed by atoms with E-state index in [1.54, 1.807) is 0 Å². The second-order valence-corrected chi connectivity index (χ2v) is 14.4. The molecule has 3 heteroatoms. The zero-order chi connectivity index (χ0) is 34.8. The summed E-state index contributed by atoms with van der Waals surface area (Å²) >= 11 is 1.85. The van der Waals surface area contributed by atoms with Crippen molar-refractivity contribution in [2.75, 3.05) is 4.90 Å². The number of hydrogen-bond donors (Lipinski definition) is 0. The van der Waals surface area contributed by atoms with Gasteiger partial charge in [-0.3, -0.25) is 0 Å². The number of thiophene rings is 1. The van der Waals surface area contributed by atoms with Crippen LogP contribution in [0.5, 0.6) is 0 Å².